The lowest BCUT2D eigenvalue weighted by Gasteiger charge is -2.27. The Morgan fingerprint density at radius 1 is 1.24 bits per heavy atom. The standard InChI is InChI=1S/C17H22N2OS/c1-3-17(4-2,12-18)15(20)10-16-19-14(11-21-16)13-8-6-5-7-9-13/h5-9,11H,3-4,10,12,18H2,1-2H3. The maximum absolute atomic E-state index is 12.6. The monoisotopic (exact) mass is 302 g/mol. The summed E-state index contributed by atoms with van der Waals surface area (Å²) in [6.45, 7) is 4.48. The lowest BCUT2D eigenvalue weighted by atomic mass is 9.77. The second-order valence-electron chi connectivity index (χ2n) is 5.28. The number of hydrogen-bond acceptors (Lipinski definition) is 4. The zero-order valence-corrected chi connectivity index (χ0v) is 13.5. The maximum Gasteiger partial charge on any atom is 0.147 e. The predicted molar refractivity (Wildman–Crippen MR) is 88.3 cm³/mol. The van der Waals surface area contributed by atoms with Gasteiger partial charge in [-0.2, -0.15) is 0 Å². The van der Waals surface area contributed by atoms with Crippen molar-refractivity contribution in [3.05, 3.63) is 40.7 Å². The van der Waals surface area contributed by atoms with E-state index in [4.69, 9.17) is 5.73 Å². The zero-order chi connectivity index (χ0) is 15.3. The number of benzene rings is 1. The fourth-order valence-electron chi connectivity index (χ4n) is 2.51. The van der Waals surface area contributed by atoms with Gasteiger partial charge in [0.15, 0.2) is 0 Å². The van der Waals surface area contributed by atoms with Crippen LogP contribution in [0.25, 0.3) is 11.3 Å². The quantitative estimate of drug-likeness (QED) is 0.848. The van der Waals surface area contributed by atoms with E-state index in [0.29, 0.717) is 13.0 Å². The third-order valence-electron chi connectivity index (χ3n) is 4.27. The average molecular weight is 302 g/mol. The summed E-state index contributed by atoms with van der Waals surface area (Å²) in [4.78, 5) is 17.2. The van der Waals surface area contributed by atoms with Crippen LogP contribution in [0.1, 0.15) is 31.7 Å². The number of ketones is 1. The molecule has 0 aliphatic carbocycles. The van der Waals surface area contributed by atoms with Crippen molar-refractivity contribution in [3.63, 3.8) is 0 Å². The molecular weight excluding hydrogens is 280 g/mol. The topological polar surface area (TPSA) is 56.0 Å². The van der Waals surface area contributed by atoms with Crippen LogP contribution < -0.4 is 5.73 Å². The molecule has 2 rings (SSSR count). The van der Waals surface area contributed by atoms with Crippen molar-refractivity contribution < 1.29 is 4.79 Å². The molecule has 0 aliphatic heterocycles. The number of hydrogen-bond donors (Lipinski definition) is 1. The Morgan fingerprint density at radius 3 is 2.48 bits per heavy atom. The molecular formula is C17H22N2OS. The van der Waals surface area contributed by atoms with Crippen molar-refractivity contribution in [1.82, 2.24) is 4.98 Å². The number of aromatic nitrogens is 1. The van der Waals surface area contributed by atoms with Gasteiger partial charge in [0.25, 0.3) is 0 Å². The molecule has 0 aliphatic rings. The number of Topliss-reactive ketones (excluding diaryl/α,β-unsaturated/α-hetero) is 1. The first-order valence-corrected chi connectivity index (χ1v) is 8.26. The number of carbonyl (C=O) groups excluding carboxylic acids is 1. The summed E-state index contributed by atoms with van der Waals surface area (Å²) in [5.74, 6) is 0.212. The van der Waals surface area contributed by atoms with E-state index < -0.39 is 5.41 Å². The smallest absolute Gasteiger partial charge is 0.147 e. The Bertz CT molecular complexity index is 580. The lowest BCUT2D eigenvalue weighted by Crippen LogP contribution is -2.38. The van der Waals surface area contributed by atoms with Gasteiger partial charge in [0.2, 0.25) is 0 Å². The third-order valence-corrected chi connectivity index (χ3v) is 5.12. The number of carbonyl (C=O) groups is 1. The third kappa shape index (κ3) is 3.39. The number of nitrogens with two attached hydrogens (primary N) is 1. The second-order valence-corrected chi connectivity index (χ2v) is 6.23. The van der Waals surface area contributed by atoms with E-state index in [1.165, 1.54) is 0 Å². The van der Waals surface area contributed by atoms with Gasteiger partial charge in [-0.3, -0.25) is 4.79 Å². The Hall–Kier alpha value is -1.52. The Kier molecular flexibility index (Phi) is 5.26. The summed E-state index contributed by atoms with van der Waals surface area (Å²) < 4.78 is 0. The van der Waals surface area contributed by atoms with Crippen molar-refractivity contribution >= 4 is 17.1 Å². The fraction of sp³-hybridized carbons (Fsp3) is 0.412. The largest absolute Gasteiger partial charge is 0.329 e. The highest BCUT2D eigenvalue weighted by Gasteiger charge is 2.33. The van der Waals surface area contributed by atoms with E-state index in [9.17, 15) is 4.79 Å². The van der Waals surface area contributed by atoms with Crippen LogP contribution in [0, 0.1) is 5.41 Å². The van der Waals surface area contributed by atoms with Gasteiger partial charge in [0.05, 0.1) is 12.1 Å². The summed E-state index contributed by atoms with van der Waals surface area (Å²) in [5.41, 5.74) is 7.48. The minimum absolute atomic E-state index is 0.212. The molecule has 0 spiro atoms. The molecule has 2 aromatic rings. The van der Waals surface area contributed by atoms with Crippen LogP contribution in [0.15, 0.2) is 35.7 Å². The Balaban J connectivity index is 2.14. The summed E-state index contributed by atoms with van der Waals surface area (Å²) in [7, 11) is 0. The molecule has 1 heterocycles. The highest BCUT2D eigenvalue weighted by molar-refractivity contribution is 7.10. The van der Waals surface area contributed by atoms with Gasteiger partial charge in [0, 0.05) is 22.9 Å². The summed E-state index contributed by atoms with van der Waals surface area (Å²) in [5, 5.41) is 2.89. The van der Waals surface area contributed by atoms with Crippen molar-refractivity contribution in [2.75, 3.05) is 6.54 Å². The van der Waals surface area contributed by atoms with Gasteiger partial charge in [-0.05, 0) is 12.8 Å². The molecule has 0 saturated carbocycles. The first-order valence-electron chi connectivity index (χ1n) is 7.38. The van der Waals surface area contributed by atoms with Crippen LogP contribution in [0.3, 0.4) is 0 Å². The van der Waals surface area contributed by atoms with Crippen LogP contribution >= 0.6 is 11.3 Å². The SMILES string of the molecule is CCC(CC)(CN)C(=O)Cc1nc(-c2ccccc2)cs1. The van der Waals surface area contributed by atoms with Crippen LogP contribution in [0.4, 0.5) is 0 Å². The molecule has 0 unspecified atom stereocenters. The Morgan fingerprint density at radius 2 is 1.90 bits per heavy atom. The van der Waals surface area contributed by atoms with Gasteiger partial charge < -0.3 is 5.73 Å². The van der Waals surface area contributed by atoms with E-state index in [2.05, 4.69) is 4.98 Å². The van der Waals surface area contributed by atoms with Gasteiger partial charge in [0.1, 0.15) is 10.8 Å². The molecule has 2 N–H and O–H groups in total. The second kappa shape index (κ2) is 6.96. The molecule has 0 atom stereocenters. The first kappa shape index (κ1) is 15.9. The molecule has 3 nitrogen and oxygen atoms in total. The molecule has 112 valence electrons. The minimum Gasteiger partial charge on any atom is -0.329 e. The summed E-state index contributed by atoms with van der Waals surface area (Å²) >= 11 is 1.55. The molecule has 0 saturated heterocycles. The molecule has 0 radical (unpaired) electrons. The number of nitrogens with zero attached hydrogens (tertiary/aromatic N) is 1. The van der Waals surface area contributed by atoms with Crippen LogP contribution in [0.5, 0.6) is 0 Å². The van der Waals surface area contributed by atoms with Gasteiger partial charge in [-0.1, -0.05) is 44.2 Å². The minimum atomic E-state index is -0.390. The molecule has 0 amide bonds. The average Bonchev–Trinajstić information content (AvgIpc) is 2.99. The molecule has 1 aromatic carbocycles. The number of thiazole rings is 1. The fourth-order valence-corrected chi connectivity index (χ4v) is 3.31. The van der Waals surface area contributed by atoms with E-state index in [1.807, 2.05) is 49.6 Å². The zero-order valence-electron chi connectivity index (χ0n) is 12.6. The van der Waals surface area contributed by atoms with E-state index in [1.54, 1.807) is 11.3 Å². The highest BCUT2D eigenvalue weighted by atomic mass is 32.1. The predicted octanol–water partition coefficient (Wildman–Crippen LogP) is 3.69. The van der Waals surface area contributed by atoms with E-state index in [-0.39, 0.29) is 5.78 Å². The van der Waals surface area contributed by atoms with Crippen LogP contribution in [0.2, 0.25) is 0 Å². The van der Waals surface area contributed by atoms with E-state index in [0.717, 1.165) is 29.1 Å². The van der Waals surface area contributed by atoms with Crippen LogP contribution in [-0.4, -0.2) is 17.3 Å². The molecule has 4 heteroatoms. The normalized spacial score (nSPS) is 11.6. The van der Waals surface area contributed by atoms with Gasteiger partial charge in [-0.25, -0.2) is 4.98 Å². The van der Waals surface area contributed by atoms with Crippen molar-refractivity contribution in [2.45, 2.75) is 33.1 Å². The molecule has 21 heavy (non-hydrogen) atoms. The molecule has 1 aromatic heterocycles. The van der Waals surface area contributed by atoms with Gasteiger partial charge >= 0.3 is 0 Å². The summed E-state index contributed by atoms with van der Waals surface area (Å²) in [6, 6.07) is 10.0. The van der Waals surface area contributed by atoms with Crippen LogP contribution in [-0.2, 0) is 11.2 Å². The lowest BCUT2D eigenvalue weighted by molar-refractivity contribution is -0.128. The van der Waals surface area contributed by atoms with Crippen molar-refractivity contribution in [2.24, 2.45) is 11.1 Å². The Labute approximate surface area is 130 Å². The van der Waals surface area contributed by atoms with E-state index >= 15 is 0 Å². The summed E-state index contributed by atoms with van der Waals surface area (Å²) in [6.07, 6.45) is 1.96. The highest BCUT2D eigenvalue weighted by Crippen LogP contribution is 2.29. The maximum atomic E-state index is 12.6. The number of rotatable bonds is 7. The molecule has 0 fully saturated rings. The van der Waals surface area contributed by atoms with Crippen molar-refractivity contribution in [1.29, 1.82) is 0 Å². The van der Waals surface area contributed by atoms with Gasteiger partial charge in [-0.15, -0.1) is 11.3 Å². The first-order chi connectivity index (χ1) is 10.1. The van der Waals surface area contributed by atoms with Crippen molar-refractivity contribution in [3.8, 4) is 11.3 Å². The molecule has 0 bridgehead atoms.